The highest BCUT2D eigenvalue weighted by molar-refractivity contribution is 9.10. The quantitative estimate of drug-likeness (QED) is 0.588. The summed E-state index contributed by atoms with van der Waals surface area (Å²) in [7, 11) is 0. The fraction of sp³-hybridized carbons (Fsp3) is 0.100. The summed E-state index contributed by atoms with van der Waals surface area (Å²) in [6.45, 7) is 0.793. The number of para-hydroxylation sites is 1. The van der Waals surface area contributed by atoms with E-state index < -0.39 is 0 Å². The number of fused-ring (bicyclic) bond motifs is 1. The molecule has 2 aromatic carbocycles. The average Bonchev–Trinajstić information content (AvgIpc) is 2.68. The van der Waals surface area contributed by atoms with Crippen molar-refractivity contribution < 1.29 is 9.13 Å². The third-order valence-corrected chi connectivity index (χ3v) is 4.78. The Kier molecular flexibility index (Phi) is 4.67. The molecule has 2 heterocycles. The molecule has 0 spiro atoms. The summed E-state index contributed by atoms with van der Waals surface area (Å²) in [5, 5.41) is 0. The van der Waals surface area contributed by atoms with Crippen molar-refractivity contribution in [1.82, 2.24) is 4.98 Å². The van der Waals surface area contributed by atoms with Crippen molar-refractivity contribution in [2.45, 2.75) is 13.2 Å². The van der Waals surface area contributed by atoms with Gasteiger partial charge in [0.2, 0.25) is 0 Å². The molecule has 1 aromatic heterocycles. The first kappa shape index (κ1) is 16.7. The van der Waals surface area contributed by atoms with Gasteiger partial charge in [-0.1, -0.05) is 18.2 Å². The molecule has 0 saturated carbocycles. The minimum Gasteiger partial charge on any atom is -0.487 e. The number of anilines is 1. The lowest BCUT2D eigenvalue weighted by Crippen LogP contribution is -2.23. The Morgan fingerprint density at radius 1 is 1.12 bits per heavy atom. The van der Waals surface area contributed by atoms with Gasteiger partial charge in [-0.2, -0.15) is 0 Å². The summed E-state index contributed by atoms with van der Waals surface area (Å²) in [4.78, 5) is 10.6. The van der Waals surface area contributed by atoms with Gasteiger partial charge in [0.15, 0.2) is 0 Å². The normalized spacial score (nSPS) is 12.8. The van der Waals surface area contributed by atoms with E-state index in [-0.39, 0.29) is 18.1 Å². The maximum absolute atomic E-state index is 13.7. The Hall–Kier alpha value is -2.73. The van der Waals surface area contributed by atoms with E-state index >= 15 is 0 Å². The van der Waals surface area contributed by atoms with Gasteiger partial charge in [-0.05, 0) is 51.8 Å². The molecule has 0 unspecified atom stereocenters. The van der Waals surface area contributed by atoms with E-state index in [0.29, 0.717) is 5.75 Å². The Morgan fingerprint density at radius 2 is 2.00 bits per heavy atom. The van der Waals surface area contributed by atoms with Crippen LogP contribution in [-0.2, 0) is 13.2 Å². The van der Waals surface area contributed by atoms with E-state index in [1.54, 1.807) is 12.3 Å². The van der Waals surface area contributed by atoms with Crippen LogP contribution in [0.3, 0.4) is 0 Å². The molecule has 4 nitrogen and oxygen atoms in total. The van der Waals surface area contributed by atoms with Crippen LogP contribution in [0.1, 0.15) is 11.3 Å². The molecule has 0 saturated heterocycles. The second-order valence-electron chi connectivity index (χ2n) is 5.83. The summed E-state index contributed by atoms with van der Waals surface area (Å²) in [5.41, 5.74) is 3.36. The molecule has 0 bridgehead atoms. The largest absolute Gasteiger partial charge is 0.487 e. The highest BCUT2D eigenvalue weighted by atomic mass is 79.9. The third-order valence-electron chi connectivity index (χ3n) is 4.11. The van der Waals surface area contributed by atoms with Gasteiger partial charge in [-0.3, -0.25) is 4.98 Å². The van der Waals surface area contributed by atoms with Crippen molar-refractivity contribution in [3.63, 3.8) is 0 Å². The highest BCUT2D eigenvalue weighted by Gasteiger charge is 2.16. The number of ether oxygens (including phenoxy) is 1. The van der Waals surface area contributed by atoms with E-state index in [0.717, 1.165) is 28.0 Å². The standard InChI is InChI=1S/C20H15BrFN3O/c21-16-8-7-15(26-12-19-17(22)5-3-9-23-19)10-20(16)25-11-14-4-1-2-6-18(14)24-13-25/h1-10,13H,11-12H2. The van der Waals surface area contributed by atoms with Gasteiger partial charge in [0.1, 0.15) is 23.9 Å². The summed E-state index contributed by atoms with van der Waals surface area (Å²) >= 11 is 3.58. The first-order chi connectivity index (χ1) is 12.7. The summed E-state index contributed by atoms with van der Waals surface area (Å²) in [6.07, 6.45) is 3.36. The van der Waals surface area contributed by atoms with Crippen molar-refractivity contribution in [3.05, 3.63) is 82.3 Å². The Bertz CT molecular complexity index is 977. The SMILES string of the molecule is Fc1cccnc1COc1ccc(Br)c(N2C=Nc3ccccc3C2)c1. The molecule has 4 rings (SSSR count). The van der Waals surface area contributed by atoms with Gasteiger partial charge in [-0.15, -0.1) is 0 Å². The topological polar surface area (TPSA) is 37.7 Å². The predicted molar refractivity (Wildman–Crippen MR) is 103 cm³/mol. The van der Waals surface area contributed by atoms with Crippen LogP contribution in [0.15, 0.2) is 70.3 Å². The van der Waals surface area contributed by atoms with Crippen molar-refractivity contribution in [3.8, 4) is 5.75 Å². The lowest BCUT2D eigenvalue weighted by Gasteiger charge is -2.25. The minimum atomic E-state index is -0.371. The van der Waals surface area contributed by atoms with Crippen LogP contribution in [0.25, 0.3) is 0 Å². The van der Waals surface area contributed by atoms with Crippen molar-refractivity contribution in [2.24, 2.45) is 4.99 Å². The van der Waals surface area contributed by atoms with Crippen LogP contribution >= 0.6 is 15.9 Å². The molecule has 1 aliphatic heterocycles. The zero-order valence-electron chi connectivity index (χ0n) is 13.8. The molecule has 130 valence electrons. The van der Waals surface area contributed by atoms with Gasteiger partial charge in [0.05, 0.1) is 24.3 Å². The number of hydrogen-bond donors (Lipinski definition) is 0. The lowest BCUT2D eigenvalue weighted by molar-refractivity contribution is 0.294. The molecule has 0 radical (unpaired) electrons. The second-order valence-corrected chi connectivity index (χ2v) is 6.69. The van der Waals surface area contributed by atoms with E-state index in [9.17, 15) is 4.39 Å². The second kappa shape index (κ2) is 7.25. The third kappa shape index (κ3) is 3.46. The highest BCUT2D eigenvalue weighted by Crippen LogP contribution is 2.34. The summed E-state index contributed by atoms with van der Waals surface area (Å²) in [5.74, 6) is 0.269. The predicted octanol–water partition coefficient (Wildman–Crippen LogP) is 5.24. The first-order valence-electron chi connectivity index (χ1n) is 8.11. The molecule has 3 aromatic rings. The van der Waals surface area contributed by atoms with E-state index in [1.165, 1.54) is 6.07 Å². The lowest BCUT2D eigenvalue weighted by atomic mass is 10.1. The molecule has 0 atom stereocenters. The fourth-order valence-corrected chi connectivity index (χ4v) is 3.23. The number of nitrogens with zero attached hydrogens (tertiary/aromatic N) is 3. The first-order valence-corrected chi connectivity index (χ1v) is 8.90. The van der Waals surface area contributed by atoms with Gasteiger partial charge in [-0.25, -0.2) is 9.38 Å². The number of pyridine rings is 1. The number of benzene rings is 2. The molecule has 26 heavy (non-hydrogen) atoms. The van der Waals surface area contributed by atoms with E-state index in [4.69, 9.17) is 4.74 Å². The van der Waals surface area contributed by atoms with Crippen LogP contribution in [0.2, 0.25) is 0 Å². The fourth-order valence-electron chi connectivity index (χ4n) is 2.75. The van der Waals surface area contributed by atoms with E-state index in [2.05, 4.69) is 32.0 Å². The number of rotatable bonds is 4. The monoisotopic (exact) mass is 411 g/mol. The zero-order chi connectivity index (χ0) is 17.9. The molecule has 0 aliphatic carbocycles. The Labute approximate surface area is 159 Å². The molecular weight excluding hydrogens is 397 g/mol. The van der Waals surface area contributed by atoms with Crippen LogP contribution in [0.4, 0.5) is 15.8 Å². The maximum Gasteiger partial charge on any atom is 0.148 e. The summed E-state index contributed by atoms with van der Waals surface area (Å²) in [6, 6.07) is 16.6. The minimum absolute atomic E-state index is 0.0741. The van der Waals surface area contributed by atoms with Gasteiger partial charge in [0.25, 0.3) is 0 Å². The number of halogens is 2. The van der Waals surface area contributed by atoms with Crippen LogP contribution in [-0.4, -0.2) is 11.3 Å². The van der Waals surface area contributed by atoms with Gasteiger partial charge in [0, 0.05) is 16.7 Å². The van der Waals surface area contributed by atoms with Crippen LogP contribution in [0.5, 0.6) is 5.75 Å². The maximum atomic E-state index is 13.7. The molecule has 0 fully saturated rings. The van der Waals surface area contributed by atoms with Crippen molar-refractivity contribution in [1.29, 1.82) is 0 Å². The zero-order valence-corrected chi connectivity index (χ0v) is 15.4. The van der Waals surface area contributed by atoms with Crippen molar-refractivity contribution >= 4 is 33.6 Å². The average molecular weight is 412 g/mol. The smallest absolute Gasteiger partial charge is 0.148 e. The Morgan fingerprint density at radius 3 is 2.88 bits per heavy atom. The number of aliphatic imine (C=N–C) groups is 1. The molecule has 1 aliphatic rings. The van der Waals surface area contributed by atoms with Crippen LogP contribution in [0, 0.1) is 5.82 Å². The number of hydrogen-bond acceptors (Lipinski definition) is 4. The van der Waals surface area contributed by atoms with Gasteiger partial charge < -0.3 is 9.64 Å². The summed E-state index contributed by atoms with van der Waals surface area (Å²) < 4.78 is 20.4. The van der Waals surface area contributed by atoms with E-state index in [1.807, 2.05) is 47.6 Å². The molecule has 6 heteroatoms. The number of aromatic nitrogens is 1. The Balaban J connectivity index is 1.55. The molecular formula is C20H15BrFN3O. The van der Waals surface area contributed by atoms with Crippen LogP contribution < -0.4 is 9.64 Å². The van der Waals surface area contributed by atoms with Gasteiger partial charge >= 0.3 is 0 Å². The van der Waals surface area contributed by atoms with Crippen molar-refractivity contribution in [2.75, 3.05) is 4.90 Å². The molecule has 0 N–H and O–H groups in total. The molecule has 0 amide bonds.